The van der Waals surface area contributed by atoms with Gasteiger partial charge in [-0.15, -0.1) is 0 Å². The number of aliphatic hydroxyl groups excluding tert-OH is 1. The number of esters is 2. The largest absolute Gasteiger partial charge is 0.497 e. The van der Waals surface area contributed by atoms with Crippen LogP contribution in [-0.4, -0.2) is 56.1 Å². The Kier molecular flexibility index (Phi) is 6.53. The molecule has 1 N–H and O–H groups in total. The summed E-state index contributed by atoms with van der Waals surface area (Å²) >= 11 is 0. The molecule has 30 heavy (non-hydrogen) atoms. The summed E-state index contributed by atoms with van der Waals surface area (Å²) in [7, 11) is 2.96. The third-order valence-corrected chi connectivity index (χ3v) is 4.57. The second-order valence-electron chi connectivity index (χ2n) is 6.52. The highest BCUT2D eigenvalue weighted by atomic mass is 19.1. The van der Waals surface area contributed by atoms with Crippen molar-refractivity contribution in [2.45, 2.75) is 31.8 Å². The van der Waals surface area contributed by atoms with Crippen LogP contribution in [0.4, 0.5) is 4.39 Å². The van der Waals surface area contributed by atoms with Crippen LogP contribution in [0.3, 0.4) is 0 Å². The molecule has 1 heterocycles. The molecule has 1 saturated heterocycles. The summed E-state index contributed by atoms with van der Waals surface area (Å²) in [5.74, 6) is -0.625. The van der Waals surface area contributed by atoms with E-state index >= 15 is 0 Å². The number of ether oxygens (including phenoxy) is 5. The number of carbonyl (C=O) groups is 2. The Labute approximate surface area is 172 Å². The molecule has 0 spiro atoms. The molecule has 0 aliphatic carbocycles. The average Bonchev–Trinajstić information content (AvgIpc) is 3.00. The van der Waals surface area contributed by atoms with E-state index in [0.717, 1.165) is 0 Å². The average molecular weight is 420 g/mol. The first-order valence-corrected chi connectivity index (χ1v) is 9.02. The number of carbonyl (C=O) groups excluding carboxylic acids is 2. The maximum atomic E-state index is 14.4. The van der Waals surface area contributed by atoms with Crippen molar-refractivity contribution >= 4 is 11.9 Å². The molecule has 0 saturated carbocycles. The predicted molar refractivity (Wildman–Crippen MR) is 101 cm³/mol. The third kappa shape index (κ3) is 4.52. The number of hydrogen-bond donors (Lipinski definition) is 1. The molecule has 160 valence electrons. The Balaban J connectivity index is 1.73. The highest BCUT2D eigenvalue weighted by molar-refractivity contribution is 5.91. The Hall–Kier alpha value is -3.17. The minimum Gasteiger partial charge on any atom is -0.497 e. The number of alkyl halides is 1. The fourth-order valence-electron chi connectivity index (χ4n) is 2.90. The van der Waals surface area contributed by atoms with Crippen molar-refractivity contribution in [1.29, 1.82) is 0 Å². The van der Waals surface area contributed by atoms with E-state index in [-0.39, 0.29) is 11.1 Å². The van der Waals surface area contributed by atoms with Crippen LogP contribution in [0.5, 0.6) is 11.5 Å². The van der Waals surface area contributed by atoms with E-state index < -0.39 is 36.8 Å². The van der Waals surface area contributed by atoms with Gasteiger partial charge in [-0.05, 0) is 55.0 Å². The molecule has 8 nitrogen and oxygen atoms in total. The molecule has 0 radical (unpaired) electrons. The van der Waals surface area contributed by atoms with E-state index in [9.17, 15) is 19.1 Å². The van der Waals surface area contributed by atoms with Gasteiger partial charge in [-0.3, -0.25) is 0 Å². The van der Waals surface area contributed by atoms with Crippen molar-refractivity contribution in [3.8, 4) is 11.5 Å². The van der Waals surface area contributed by atoms with Crippen molar-refractivity contribution in [3.05, 3.63) is 59.2 Å². The molecule has 1 unspecified atom stereocenters. The van der Waals surface area contributed by atoms with Gasteiger partial charge in [-0.25, -0.2) is 14.0 Å². The van der Waals surface area contributed by atoms with Gasteiger partial charge in [-0.1, -0.05) is 0 Å². The number of halogens is 1. The summed E-state index contributed by atoms with van der Waals surface area (Å²) in [5, 5.41) is 9.68. The van der Waals surface area contributed by atoms with E-state index in [0.29, 0.717) is 17.1 Å². The lowest BCUT2D eigenvalue weighted by atomic mass is 10.1. The lowest BCUT2D eigenvalue weighted by molar-refractivity contribution is -0.181. The van der Waals surface area contributed by atoms with E-state index in [1.165, 1.54) is 44.6 Å². The number of aryl methyl sites for hydroxylation is 1. The molecule has 2 aromatic rings. The summed E-state index contributed by atoms with van der Waals surface area (Å²) in [6, 6.07) is 10.6. The van der Waals surface area contributed by atoms with Gasteiger partial charge in [0.15, 0.2) is 12.5 Å². The van der Waals surface area contributed by atoms with Crippen LogP contribution < -0.4 is 9.47 Å². The maximum absolute atomic E-state index is 14.4. The zero-order valence-corrected chi connectivity index (χ0v) is 16.5. The van der Waals surface area contributed by atoms with Crippen LogP contribution in [0.1, 0.15) is 26.3 Å². The number of aliphatic hydroxyl groups is 1. The zero-order valence-electron chi connectivity index (χ0n) is 16.5. The Morgan fingerprint density at radius 3 is 2.20 bits per heavy atom. The first-order valence-electron chi connectivity index (χ1n) is 9.02. The molecular formula is C21H21FO8. The van der Waals surface area contributed by atoms with E-state index in [4.69, 9.17) is 23.7 Å². The maximum Gasteiger partial charge on any atom is 0.340 e. The van der Waals surface area contributed by atoms with E-state index in [1.807, 2.05) is 0 Å². The van der Waals surface area contributed by atoms with Crippen molar-refractivity contribution < 1.29 is 42.8 Å². The van der Waals surface area contributed by atoms with Gasteiger partial charge in [0.2, 0.25) is 12.4 Å². The quantitative estimate of drug-likeness (QED) is 0.711. The first kappa shape index (κ1) is 21.5. The Morgan fingerprint density at radius 2 is 1.60 bits per heavy atom. The molecule has 9 heteroatoms. The van der Waals surface area contributed by atoms with Crippen LogP contribution in [0.15, 0.2) is 42.5 Å². The van der Waals surface area contributed by atoms with Gasteiger partial charge in [0.05, 0.1) is 25.3 Å². The molecular weight excluding hydrogens is 399 g/mol. The fourth-order valence-corrected chi connectivity index (χ4v) is 2.90. The molecule has 1 aliphatic heterocycles. The van der Waals surface area contributed by atoms with Gasteiger partial charge in [0.1, 0.15) is 11.5 Å². The summed E-state index contributed by atoms with van der Waals surface area (Å²) < 4.78 is 39.7. The number of hydrogen-bond acceptors (Lipinski definition) is 8. The molecule has 0 amide bonds. The number of benzene rings is 2. The Morgan fingerprint density at radius 1 is 0.967 bits per heavy atom. The SMILES string of the molecule is COc1ccc(C(=O)O[C@@H]2[C@@H](OC(=O)c3ccc(OC)cc3C)OC(O)[C@H]2F)cc1. The normalized spacial score (nSPS) is 23.0. The molecule has 3 rings (SSSR count). The Bertz CT molecular complexity index is 914. The van der Waals surface area contributed by atoms with Crippen LogP contribution in [0, 0.1) is 6.92 Å². The summed E-state index contributed by atoms with van der Waals surface area (Å²) in [5.41, 5.74) is 0.873. The minimum atomic E-state index is -2.10. The van der Waals surface area contributed by atoms with Crippen molar-refractivity contribution in [2.75, 3.05) is 14.2 Å². The van der Waals surface area contributed by atoms with Gasteiger partial charge in [0.25, 0.3) is 0 Å². The minimum absolute atomic E-state index is 0.125. The molecule has 1 aliphatic rings. The summed E-state index contributed by atoms with van der Waals surface area (Å²) in [6.45, 7) is 1.67. The van der Waals surface area contributed by atoms with Crippen LogP contribution in [-0.2, 0) is 14.2 Å². The highest BCUT2D eigenvalue weighted by Gasteiger charge is 2.49. The molecule has 0 bridgehead atoms. The van der Waals surface area contributed by atoms with Crippen LogP contribution in [0.25, 0.3) is 0 Å². The topological polar surface area (TPSA) is 101 Å². The van der Waals surface area contributed by atoms with Crippen LogP contribution in [0.2, 0.25) is 0 Å². The van der Waals surface area contributed by atoms with Crippen LogP contribution >= 0.6 is 0 Å². The zero-order chi connectivity index (χ0) is 21.8. The third-order valence-electron chi connectivity index (χ3n) is 4.57. The fraction of sp³-hybridized carbons (Fsp3) is 0.333. The van der Waals surface area contributed by atoms with E-state index in [2.05, 4.69) is 0 Å². The standard InChI is InChI=1S/C21H21FO8/c1-11-10-14(27-3)8-9-15(11)19(24)29-21-17(16(22)20(25)30-21)28-18(23)12-4-6-13(26-2)7-5-12/h4-10,16-17,20-21,25H,1-3H3/t16-,17-,20?,21-/m0/s1. The molecule has 1 fully saturated rings. The van der Waals surface area contributed by atoms with Crippen molar-refractivity contribution in [3.63, 3.8) is 0 Å². The predicted octanol–water partition coefficient (Wildman–Crippen LogP) is 2.41. The molecule has 4 atom stereocenters. The highest BCUT2D eigenvalue weighted by Crippen LogP contribution is 2.29. The monoisotopic (exact) mass is 420 g/mol. The van der Waals surface area contributed by atoms with Gasteiger partial charge in [-0.2, -0.15) is 0 Å². The van der Waals surface area contributed by atoms with Gasteiger partial charge in [0, 0.05) is 0 Å². The smallest absolute Gasteiger partial charge is 0.340 e. The van der Waals surface area contributed by atoms with Crippen molar-refractivity contribution in [2.24, 2.45) is 0 Å². The molecule has 0 aromatic heterocycles. The van der Waals surface area contributed by atoms with E-state index in [1.54, 1.807) is 19.1 Å². The lowest BCUT2D eigenvalue weighted by Gasteiger charge is -2.20. The summed E-state index contributed by atoms with van der Waals surface area (Å²) in [4.78, 5) is 24.9. The summed E-state index contributed by atoms with van der Waals surface area (Å²) in [6.07, 6.45) is -7.27. The second kappa shape index (κ2) is 9.10. The van der Waals surface area contributed by atoms with Crippen molar-refractivity contribution in [1.82, 2.24) is 0 Å². The first-order chi connectivity index (χ1) is 14.3. The second-order valence-corrected chi connectivity index (χ2v) is 6.52. The lowest BCUT2D eigenvalue weighted by Crippen LogP contribution is -2.37. The molecule has 2 aromatic carbocycles. The number of methoxy groups -OCH3 is 2. The number of rotatable bonds is 6. The van der Waals surface area contributed by atoms with Gasteiger partial charge >= 0.3 is 11.9 Å². The van der Waals surface area contributed by atoms with Gasteiger partial charge < -0.3 is 28.8 Å².